The number of ether oxygens (including phenoxy) is 4. The Morgan fingerprint density at radius 3 is 0.819 bits per heavy atom. The maximum absolute atomic E-state index is 13.0. The molecule has 0 aliphatic carbocycles. The summed E-state index contributed by atoms with van der Waals surface area (Å²) < 4.78 is 67.9. The Kier molecular flexibility index (Phi) is 55.2. The van der Waals surface area contributed by atoms with Crippen molar-refractivity contribution in [2.75, 3.05) is 39.6 Å². The quantitative estimate of drug-likeness (QED) is 0.0222. The molecule has 0 aromatic heterocycles. The van der Waals surface area contributed by atoms with Crippen LogP contribution in [-0.2, 0) is 65.4 Å². The van der Waals surface area contributed by atoms with Crippen molar-refractivity contribution < 1.29 is 80.2 Å². The number of esters is 4. The van der Waals surface area contributed by atoms with Gasteiger partial charge in [-0.2, -0.15) is 0 Å². The summed E-state index contributed by atoms with van der Waals surface area (Å²) in [7, 11) is -9.88. The van der Waals surface area contributed by atoms with Gasteiger partial charge in [0.05, 0.1) is 26.4 Å². The second-order valence-corrected chi connectivity index (χ2v) is 27.0. The predicted molar refractivity (Wildman–Crippen MR) is 331 cm³/mol. The van der Waals surface area contributed by atoms with E-state index >= 15 is 0 Å². The molecule has 0 spiro atoms. The van der Waals surface area contributed by atoms with Gasteiger partial charge >= 0.3 is 39.5 Å². The summed E-state index contributed by atoms with van der Waals surface area (Å²) in [5, 5.41) is 10.5. The highest BCUT2D eigenvalue weighted by Gasteiger charge is 2.30. The highest BCUT2D eigenvalue weighted by Crippen LogP contribution is 2.45. The molecule has 17 nitrogen and oxygen atoms in total. The van der Waals surface area contributed by atoms with Gasteiger partial charge in [0, 0.05) is 25.7 Å². The van der Waals surface area contributed by atoms with Gasteiger partial charge in [-0.25, -0.2) is 9.13 Å². The highest BCUT2D eigenvalue weighted by atomic mass is 31.2. The SMILES string of the molecule is CCCCCCCCCCCC(=O)O[C@H](COC(=O)CCCCCCCCCC)COP(=O)(O)OC[C@H](O)COP(=O)(O)OC[C@@H](COC(=O)CCCCCCCCCCCCC(C)C)OC(=O)CCCCCCCCCCCCC(C)C. The van der Waals surface area contributed by atoms with Gasteiger partial charge in [-0.15, -0.1) is 0 Å². The third kappa shape index (κ3) is 58.8. The molecule has 0 aromatic carbocycles. The van der Waals surface area contributed by atoms with E-state index in [0.717, 1.165) is 108 Å². The van der Waals surface area contributed by atoms with Crippen LogP contribution in [0.4, 0.5) is 0 Å². The van der Waals surface area contributed by atoms with Gasteiger partial charge in [0.15, 0.2) is 12.2 Å². The fraction of sp³-hybridized carbons (Fsp3) is 0.938. The van der Waals surface area contributed by atoms with E-state index in [1.165, 1.54) is 128 Å². The monoisotopic (exact) mass is 1230 g/mol. The van der Waals surface area contributed by atoms with Crippen molar-refractivity contribution in [3.05, 3.63) is 0 Å². The third-order valence-corrected chi connectivity index (χ3v) is 16.6. The smallest absolute Gasteiger partial charge is 0.462 e. The molecule has 492 valence electrons. The number of hydrogen-bond donors (Lipinski definition) is 3. The van der Waals surface area contributed by atoms with Gasteiger partial charge in [-0.3, -0.25) is 37.3 Å². The summed E-state index contributed by atoms with van der Waals surface area (Å²) in [6.07, 6.45) is 38.9. The molecule has 0 rings (SSSR count). The van der Waals surface area contributed by atoms with Gasteiger partial charge < -0.3 is 33.8 Å². The van der Waals surface area contributed by atoms with E-state index in [4.69, 9.17) is 37.0 Å². The Labute approximate surface area is 505 Å². The molecule has 3 N–H and O–H groups in total. The topological polar surface area (TPSA) is 237 Å². The molecule has 0 saturated heterocycles. The van der Waals surface area contributed by atoms with E-state index in [1.54, 1.807) is 0 Å². The summed E-state index contributed by atoms with van der Waals surface area (Å²) >= 11 is 0. The predicted octanol–water partition coefficient (Wildman–Crippen LogP) is 17.7. The minimum Gasteiger partial charge on any atom is -0.462 e. The van der Waals surface area contributed by atoms with Crippen molar-refractivity contribution in [2.45, 2.75) is 336 Å². The van der Waals surface area contributed by atoms with Crippen molar-refractivity contribution in [3.63, 3.8) is 0 Å². The Morgan fingerprint density at radius 1 is 0.325 bits per heavy atom. The molecule has 0 aliphatic rings. The molecule has 0 aliphatic heterocycles. The number of aliphatic hydroxyl groups excluding tert-OH is 1. The van der Waals surface area contributed by atoms with Gasteiger partial charge in [0.1, 0.15) is 19.3 Å². The number of rotatable bonds is 63. The van der Waals surface area contributed by atoms with Gasteiger partial charge in [-0.1, -0.05) is 266 Å². The normalized spacial score (nSPS) is 14.3. The number of phosphoric ester groups is 2. The first-order chi connectivity index (χ1) is 39.9. The number of hydrogen-bond acceptors (Lipinski definition) is 15. The van der Waals surface area contributed by atoms with Gasteiger partial charge in [0.2, 0.25) is 0 Å². The first kappa shape index (κ1) is 81.1. The second-order valence-electron chi connectivity index (χ2n) is 24.1. The highest BCUT2D eigenvalue weighted by molar-refractivity contribution is 7.47. The van der Waals surface area contributed by atoms with Crippen molar-refractivity contribution in [3.8, 4) is 0 Å². The molecule has 83 heavy (non-hydrogen) atoms. The van der Waals surface area contributed by atoms with Crippen LogP contribution in [0.25, 0.3) is 0 Å². The lowest BCUT2D eigenvalue weighted by Gasteiger charge is -2.21. The average Bonchev–Trinajstić information content (AvgIpc) is 3.45. The lowest BCUT2D eigenvalue weighted by atomic mass is 10.0. The van der Waals surface area contributed by atoms with E-state index in [1.807, 2.05) is 0 Å². The Morgan fingerprint density at radius 2 is 0.554 bits per heavy atom. The van der Waals surface area contributed by atoms with Crippen molar-refractivity contribution in [1.82, 2.24) is 0 Å². The minimum atomic E-state index is -4.94. The Balaban J connectivity index is 5.22. The fourth-order valence-corrected chi connectivity index (χ4v) is 11.1. The summed E-state index contributed by atoms with van der Waals surface area (Å²) in [5.41, 5.74) is 0. The summed E-state index contributed by atoms with van der Waals surface area (Å²) in [6.45, 7) is 9.44. The lowest BCUT2D eigenvalue weighted by Crippen LogP contribution is -2.30. The number of carbonyl (C=O) groups is 4. The molecule has 0 saturated carbocycles. The standard InChI is InChI=1S/C64H124O17P2/c1-7-9-11-13-15-21-30-36-42-48-63(68)80-59(52-74-61(66)46-40-34-28-16-14-12-10-8-2)54-78-82(70,71)76-50-58(65)51-77-83(72,73)79-55-60(81-64(69)49-43-37-31-25-20-18-23-27-33-39-45-57(5)6)53-75-62(67)47-41-35-29-24-19-17-22-26-32-38-44-56(3)4/h56-60,65H,7-55H2,1-6H3,(H,70,71)(H,72,73)/t58-,59+,60+/m0/s1. The number of aliphatic hydroxyl groups is 1. The Hall–Kier alpha value is -1.94. The van der Waals surface area contributed by atoms with E-state index in [9.17, 15) is 43.2 Å². The zero-order valence-corrected chi connectivity index (χ0v) is 55.3. The molecule has 0 heterocycles. The van der Waals surface area contributed by atoms with Crippen molar-refractivity contribution in [1.29, 1.82) is 0 Å². The van der Waals surface area contributed by atoms with Crippen molar-refractivity contribution in [2.24, 2.45) is 11.8 Å². The van der Waals surface area contributed by atoms with Crippen LogP contribution in [0, 0.1) is 11.8 Å². The largest absolute Gasteiger partial charge is 0.472 e. The molecule has 0 radical (unpaired) electrons. The zero-order chi connectivity index (χ0) is 61.5. The number of carbonyl (C=O) groups excluding carboxylic acids is 4. The van der Waals surface area contributed by atoms with Gasteiger partial charge in [0.25, 0.3) is 0 Å². The molecular formula is C64H124O17P2. The Bertz CT molecular complexity index is 1630. The summed E-state index contributed by atoms with van der Waals surface area (Å²) in [4.78, 5) is 72.1. The van der Waals surface area contributed by atoms with Crippen LogP contribution in [0.15, 0.2) is 0 Å². The van der Waals surface area contributed by atoms with Crippen LogP contribution in [0.2, 0.25) is 0 Å². The maximum atomic E-state index is 13.0. The first-order valence-corrected chi connectivity index (χ1v) is 36.5. The van der Waals surface area contributed by atoms with Crippen LogP contribution < -0.4 is 0 Å². The molecule has 0 fully saturated rings. The van der Waals surface area contributed by atoms with Crippen LogP contribution in [-0.4, -0.2) is 96.7 Å². The molecule has 2 unspecified atom stereocenters. The molecule has 5 atom stereocenters. The fourth-order valence-electron chi connectivity index (χ4n) is 9.53. The molecule has 0 aromatic rings. The van der Waals surface area contributed by atoms with Crippen LogP contribution >= 0.6 is 15.6 Å². The number of unbranched alkanes of at least 4 members (excludes halogenated alkanes) is 33. The molecular weight excluding hydrogens is 1100 g/mol. The van der Waals surface area contributed by atoms with E-state index in [0.29, 0.717) is 25.7 Å². The molecule has 19 heteroatoms. The lowest BCUT2D eigenvalue weighted by molar-refractivity contribution is -0.161. The summed E-state index contributed by atoms with van der Waals surface area (Å²) in [5.74, 6) is -0.626. The first-order valence-electron chi connectivity index (χ1n) is 33.5. The average molecular weight is 1230 g/mol. The van der Waals surface area contributed by atoms with E-state index in [2.05, 4.69) is 41.5 Å². The van der Waals surface area contributed by atoms with Gasteiger partial charge in [-0.05, 0) is 37.5 Å². The summed E-state index contributed by atoms with van der Waals surface area (Å²) in [6, 6.07) is 0. The van der Waals surface area contributed by atoms with Crippen LogP contribution in [0.3, 0.4) is 0 Å². The second kappa shape index (κ2) is 56.6. The zero-order valence-electron chi connectivity index (χ0n) is 53.5. The maximum Gasteiger partial charge on any atom is 0.472 e. The molecule has 0 bridgehead atoms. The van der Waals surface area contributed by atoms with E-state index < -0.39 is 97.5 Å². The third-order valence-electron chi connectivity index (χ3n) is 14.7. The van der Waals surface area contributed by atoms with Crippen LogP contribution in [0.5, 0.6) is 0 Å². The van der Waals surface area contributed by atoms with Crippen molar-refractivity contribution >= 4 is 39.5 Å². The number of phosphoric acid groups is 2. The minimum absolute atomic E-state index is 0.105. The van der Waals surface area contributed by atoms with E-state index in [-0.39, 0.29) is 25.7 Å². The molecule has 0 amide bonds. The van der Waals surface area contributed by atoms with Crippen LogP contribution in [0.1, 0.15) is 318 Å².